The largest absolute Gasteiger partial charge is 0.504 e. The van der Waals surface area contributed by atoms with Crippen LogP contribution in [-0.4, -0.2) is 35.5 Å². The van der Waals surface area contributed by atoms with Crippen LogP contribution in [0.3, 0.4) is 0 Å². The molecule has 72 valence electrons. The summed E-state index contributed by atoms with van der Waals surface area (Å²) in [5, 5.41) is 12.6. The van der Waals surface area contributed by atoms with Crippen LogP contribution in [0.15, 0.2) is 16.4 Å². The van der Waals surface area contributed by atoms with E-state index in [1.165, 1.54) is 7.05 Å². The normalized spacial score (nSPS) is 21.2. The minimum absolute atomic E-state index is 0.672. The van der Waals surface area contributed by atoms with Crippen molar-refractivity contribution in [1.82, 2.24) is 5.01 Å². The van der Waals surface area contributed by atoms with Crippen LogP contribution in [0.1, 0.15) is 0 Å². The summed E-state index contributed by atoms with van der Waals surface area (Å²) in [6, 6.07) is 0. The van der Waals surface area contributed by atoms with Crippen LogP contribution in [0.4, 0.5) is 13.2 Å². The van der Waals surface area contributed by atoms with E-state index in [-0.39, 0.29) is 0 Å². The van der Waals surface area contributed by atoms with Crippen LogP contribution in [0, 0.1) is 0 Å². The van der Waals surface area contributed by atoms with E-state index in [2.05, 4.69) is 5.10 Å². The fourth-order valence-corrected chi connectivity index (χ4v) is 0.741. The number of carbonyl (C=O) groups is 1. The molecule has 0 aliphatic carbocycles. The number of alkyl halides is 3. The topological polar surface area (TPSA) is 52.9 Å². The summed E-state index contributed by atoms with van der Waals surface area (Å²) in [7, 11) is 1.19. The molecule has 0 unspecified atom stereocenters. The molecule has 4 nitrogen and oxygen atoms in total. The average Bonchev–Trinajstić information content (AvgIpc) is 2.30. The molecule has 0 atom stereocenters. The van der Waals surface area contributed by atoms with E-state index < -0.39 is 23.4 Å². The molecule has 0 fully saturated rings. The van der Waals surface area contributed by atoms with Gasteiger partial charge in [-0.25, -0.2) is 5.01 Å². The van der Waals surface area contributed by atoms with Crippen molar-refractivity contribution in [1.29, 1.82) is 0 Å². The van der Waals surface area contributed by atoms with Gasteiger partial charge < -0.3 is 5.11 Å². The molecule has 1 heterocycles. The van der Waals surface area contributed by atoms with E-state index in [1.54, 1.807) is 0 Å². The molecule has 1 rings (SSSR count). The van der Waals surface area contributed by atoms with Crippen molar-refractivity contribution >= 4 is 12.1 Å². The lowest BCUT2D eigenvalue weighted by Crippen LogP contribution is -2.22. The molecule has 1 aliphatic heterocycles. The number of aliphatic hydroxyl groups is 1. The molecule has 13 heavy (non-hydrogen) atoms. The summed E-state index contributed by atoms with van der Waals surface area (Å²) in [6.45, 7) is 0. The summed E-state index contributed by atoms with van der Waals surface area (Å²) in [4.78, 5) is 10.9. The average molecular weight is 194 g/mol. The van der Waals surface area contributed by atoms with Gasteiger partial charge in [-0.05, 0) is 0 Å². The summed E-state index contributed by atoms with van der Waals surface area (Å²) in [5.41, 5.74) is -0.838. The summed E-state index contributed by atoms with van der Waals surface area (Å²) in [6.07, 6.45) is -4.24. The molecule has 0 aromatic carbocycles. The van der Waals surface area contributed by atoms with Crippen LogP contribution >= 0.6 is 0 Å². The molecule has 0 saturated heterocycles. The first-order valence-electron chi connectivity index (χ1n) is 3.16. The van der Waals surface area contributed by atoms with Gasteiger partial charge in [0.15, 0.2) is 0 Å². The Morgan fingerprint density at radius 1 is 1.62 bits per heavy atom. The standard InChI is InChI=1S/C6H5F3N2O2/c1-11-5(13)3(2-10-11)4(12)6(7,8)9/h2,12H,1H3/b4-3+. The van der Waals surface area contributed by atoms with Crippen LogP contribution in [0.2, 0.25) is 0 Å². The summed E-state index contributed by atoms with van der Waals surface area (Å²) >= 11 is 0. The Morgan fingerprint density at radius 3 is 2.46 bits per heavy atom. The molecule has 7 heteroatoms. The van der Waals surface area contributed by atoms with Crippen LogP contribution < -0.4 is 0 Å². The number of rotatable bonds is 0. The third-order valence-corrected chi connectivity index (χ3v) is 1.41. The summed E-state index contributed by atoms with van der Waals surface area (Å²) < 4.78 is 35.6. The number of aliphatic hydroxyl groups excluding tert-OH is 1. The first-order chi connectivity index (χ1) is 5.84. The van der Waals surface area contributed by atoms with Crippen molar-refractivity contribution in [3.05, 3.63) is 11.3 Å². The van der Waals surface area contributed by atoms with Crippen molar-refractivity contribution < 1.29 is 23.1 Å². The van der Waals surface area contributed by atoms with Crippen LogP contribution in [0.5, 0.6) is 0 Å². The molecule has 0 aromatic heterocycles. The second-order valence-corrected chi connectivity index (χ2v) is 2.33. The number of amides is 1. The molecule has 1 aliphatic rings. The fraction of sp³-hybridized carbons (Fsp3) is 0.333. The van der Waals surface area contributed by atoms with E-state index in [0.29, 0.717) is 11.2 Å². The summed E-state index contributed by atoms with van der Waals surface area (Å²) in [5.74, 6) is -2.89. The molecule has 0 bridgehead atoms. The highest BCUT2D eigenvalue weighted by Crippen LogP contribution is 2.27. The highest BCUT2D eigenvalue weighted by molar-refractivity contribution is 6.15. The highest BCUT2D eigenvalue weighted by atomic mass is 19.4. The number of carbonyl (C=O) groups excluding carboxylic acids is 1. The third-order valence-electron chi connectivity index (χ3n) is 1.41. The van der Waals surface area contributed by atoms with Crippen molar-refractivity contribution in [2.45, 2.75) is 6.18 Å². The lowest BCUT2D eigenvalue weighted by Gasteiger charge is -2.07. The highest BCUT2D eigenvalue weighted by Gasteiger charge is 2.40. The van der Waals surface area contributed by atoms with Crippen molar-refractivity contribution in [3.63, 3.8) is 0 Å². The van der Waals surface area contributed by atoms with E-state index in [0.717, 1.165) is 0 Å². The molecule has 1 amide bonds. The number of hydrogen-bond donors (Lipinski definition) is 1. The zero-order chi connectivity index (χ0) is 10.2. The first kappa shape index (κ1) is 9.56. The van der Waals surface area contributed by atoms with Crippen molar-refractivity contribution in [3.8, 4) is 0 Å². The molecular weight excluding hydrogens is 189 g/mol. The molecule has 0 saturated carbocycles. The number of hydrogen-bond acceptors (Lipinski definition) is 3. The zero-order valence-corrected chi connectivity index (χ0v) is 6.46. The van der Waals surface area contributed by atoms with Gasteiger partial charge in [0, 0.05) is 7.05 Å². The maximum Gasteiger partial charge on any atom is 0.449 e. The molecule has 0 spiro atoms. The number of likely N-dealkylation sites (N-methyl/N-ethyl adjacent to an activating group) is 1. The smallest absolute Gasteiger partial charge is 0.449 e. The Hall–Kier alpha value is -1.53. The van der Waals surface area contributed by atoms with E-state index in [9.17, 15) is 18.0 Å². The van der Waals surface area contributed by atoms with Gasteiger partial charge >= 0.3 is 6.18 Å². The Labute approximate surface area is 70.9 Å². The van der Waals surface area contributed by atoms with Gasteiger partial charge in [0.25, 0.3) is 5.91 Å². The van der Waals surface area contributed by atoms with Gasteiger partial charge in [0.2, 0.25) is 5.76 Å². The lowest BCUT2D eigenvalue weighted by atomic mass is 10.2. The SMILES string of the molecule is CN1N=C/C(=C(\O)C(F)(F)F)C1=O. The third kappa shape index (κ3) is 1.63. The molecule has 0 aromatic rings. The maximum absolute atomic E-state index is 11.9. The van der Waals surface area contributed by atoms with E-state index in [4.69, 9.17) is 5.11 Å². The predicted molar refractivity (Wildman–Crippen MR) is 37.0 cm³/mol. The minimum Gasteiger partial charge on any atom is -0.504 e. The quantitative estimate of drug-likeness (QED) is 0.458. The Balaban J connectivity index is 3.08. The van der Waals surface area contributed by atoms with Gasteiger partial charge in [-0.3, -0.25) is 4.79 Å². The Kier molecular flexibility index (Phi) is 2.02. The Bertz CT molecular complexity index is 305. The van der Waals surface area contributed by atoms with Gasteiger partial charge in [-0.15, -0.1) is 0 Å². The molecule has 0 radical (unpaired) electrons. The van der Waals surface area contributed by atoms with Gasteiger partial charge in [0.1, 0.15) is 5.57 Å². The second kappa shape index (κ2) is 2.75. The van der Waals surface area contributed by atoms with Crippen molar-refractivity contribution in [2.75, 3.05) is 7.05 Å². The molecule has 1 N–H and O–H groups in total. The van der Waals surface area contributed by atoms with Gasteiger partial charge in [0.05, 0.1) is 6.21 Å². The van der Waals surface area contributed by atoms with Crippen LogP contribution in [-0.2, 0) is 4.79 Å². The van der Waals surface area contributed by atoms with E-state index >= 15 is 0 Å². The number of halogens is 3. The maximum atomic E-state index is 11.9. The van der Waals surface area contributed by atoms with Crippen molar-refractivity contribution in [2.24, 2.45) is 5.10 Å². The van der Waals surface area contributed by atoms with Crippen LogP contribution in [0.25, 0.3) is 0 Å². The van der Waals surface area contributed by atoms with Gasteiger partial charge in [-0.1, -0.05) is 0 Å². The minimum atomic E-state index is -4.91. The lowest BCUT2D eigenvalue weighted by molar-refractivity contribution is -0.130. The number of hydrazone groups is 1. The molecular formula is C6H5F3N2O2. The number of allylic oxidation sites excluding steroid dienone is 1. The van der Waals surface area contributed by atoms with Gasteiger partial charge in [-0.2, -0.15) is 18.3 Å². The zero-order valence-electron chi connectivity index (χ0n) is 6.46. The van der Waals surface area contributed by atoms with E-state index in [1.807, 2.05) is 0 Å². The first-order valence-corrected chi connectivity index (χ1v) is 3.16. The monoisotopic (exact) mass is 194 g/mol. The number of nitrogens with zero attached hydrogens (tertiary/aromatic N) is 2. The fourth-order valence-electron chi connectivity index (χ4n) is 0.741. The predicted octanol–water partition coefficient (Wildman–Crippen LogP) is 0.819. The Morgan fingerprint density at radius 2 is 2.15 bits per heavy atom. The second-order valence-electron chi connectivity index (χ2n) is 2.33.